The summed E-state index contributed by atoms with van der Waals surface area (Å²) in [6.07, 6.45) is 0.457. The number of rotatable bonds is 7. The molecule has 0 aliphatic carbocycles. The molecule has 0 spiro atoms. The fourth-order valence-corrected chi connectivity index (χ4v) is 1.54. The summed E-state index contributed by atoms with van der Waals surface area (Å²) in [5, 5.41) is 6.07. The van der Waals surface area contributed by atoms with Crippen molar-refractivity contribution in [1.29, 1.82) is 0 Å². The first-order valence-corrected chi connectivity index (χ1v) is 6.38. The molecular weight excluding hydrogens is 228 g/mol. The minimum Gasteiger partial charge on any atom is -0.492 e. The molecule has 18 heavy (non-hydrogen) atoms. The Morgan fingerprint density at radius 1 is 1.33 bits per heavy atom. The molecule has 0 fully saturated rings. The lowest BCUT2D eigenvalue weighted by molar-refractivity contribution is -0.116. The molecule has 0 aromatic heterocycles. The van der Waals surface area contributed by atoms with Crippen LogP contribution >= 0.6 is 0 Å². The summed E-state index contributed by atoms with van der Waals surface area (Å²) < 4.78 is 5.45. The van der Waals surface area contributed by atoms with E-state index in [1.165, 1.54) is 0 Å². The Balaban J connectivity index is 2.48. The molecule has 0 aliphatic heterocycles. The molecule has 100 valence electrons. The lowest BCUT2D eigenvalue weighted by Crippen LogP contribution is -2.27. The smallest absolute Gasteiger partial charge is 0.225 e. The molecule has 0 unspecified atom stereocenters. The van der Waals surface area contributed by atoms with Gasteiger partial charge in [-0.15, -0.1) is 0 Å². The average Bonchev–Trinajstić information content (AvgIpc) is 2.31. The van der Waals surface area contributed by atoms with E-state index in [9.17, 15) is 4.79 Å². The minimum atomic E-state index is -0.00435. The maximum Gasteiger partial charge on any atom is 0.225 e. The molecule has 0 heterocycles. The Bertz CT molecular complexity index is 378. The van der Waals surface area contributed by atoms with E-state index in [-0.39, 0.29) is 5.91 Å². The predicted octanol–water partition coefficient (Wildman–Crippen LogP) is 2.41. The summed E-state index contributed by atoms with van der Waals surface area (Å²) in [7, 11) is 0. The van der Waals surface area contributed by atoms with Gasteiger partial charge in [-0.05, 0) is 19.1 Å². The number of ether oxygens (including phenoxy) is 1. The van der Waals surface area contributed by atoms with Gasteiger partial charge in [0.25, 0.3) is 0 Å². The SMILES string of the molecule is CCOc1ccccc1NC(=O)CCNC(C)C. The second-order valence-corrected chi connectivity index (χ2v) is 4.34. The monoisotopic (exact) mass is 250 g/mol. The normalized spacial score (nSPS) is 10.4. The first-order valence-electron chi connectivity index (χ1n) is 6.38. The second-order valence-electron chi connectivity index (χ2n) is 4.34. The van der Waals surface area contributed by atoms with E-state index >= 15 is 0 Å². The zero-order valence-electron chi connectivity index (χ0n) is 11.3. The molecule has 0 aliphatic rings. The highest BCUT2D eigenvalue weighted by atomic mass is 16.5. The highest BCUT2D eigenvalue weighted by Gasteiger charge is 2.07. The molecule has 4 heteroatoms. The van der Waals surface area contributed by atoms with Crippen LogP contribution in [-0.4, -0.2) is 25.1 Å². The van der Waals surface area contributed by atoms with Crippen LogP contribution in [0.4, 0.5) is 5.69 Å². The molecule has 1 rings (SSSR count). The topological polar surface area (TPSA) is 50.4 Å². The Kier molecular flexibility index (Phi) is 6.22. The van der Waals surface area contributed by atoms with Crippen molar-refractivity contribution >= 4 is 11.6 Å². The van der Waals surface area contributed by atoms with Gasteiger partial charge < -0.3 is 15.4 Å². The first kappa shape index (κ1) is 14.5. The third-order valence-corrected chi connectivity index (χ3v) is 2.37. The van der Waals surface area contributed by atoms with Crippen molar-refractivity contribution in [3.05, 3.63) is 24.3 Å². The molecule has 1 aromatic rings. The van der Waals surface area contributed by atoms with Crippen molar-refractivity contribution in [1.82, 2.24) is 5.32 Å². The highest BCUT2D eigenvalue weighted by Crippen LogP contribution is 2.23. The molecule has 2 N–H and O–H groups in total. The van der Waals surface area contributed by atoms with Crippen LogP contribution in [0.25, 0.3) is 0 Å². The van der Waals surface area contributed by atoms with Crippen LogP contribution in [0.3, 0.4) is 0 Å². The summed E-state index contributed by atoms with van der Waals surface area (Å²) in [5.74, 6) is 0.709. The van der Waals surface area contributed by atoms with E-state index in [0.29, 0.717) is 31.4 Å². The average molecular weight is 250 g/mol. The van der Waals surface area contributed by atoms with Crippen molar-refractivity contribution in [2.75, 3.05) is 18.5 Å². The zero-order chi connectivity index (χ0) is 13.4. The van der Waals surface area contributed by atoms with Crippen molar-refractivity contribution in [3.63, 3.8) is 0 Å². The fraction of sp³-hybridized carbons (Fsp3) is 0.500. The van der Waals surface area contributed by atoms with Crippen LogP contribution in [0, 0.1) is 0 Å². The first-order chi connectivity index (χ1) is 8.63. The van der Waals surface area contributed by atoms with Crippen LogP contribution in [0.1, 0.15) is 27.2 Å². The molecule has 0 radical (unpaired) electrons. The number of benzene rings is 1. The zero-order valence-corrected chi connectivity index (χ0v) is 11.3. The number of carbonyl (C=O) groups is 1. The van der Waals surface area contributed by atoms with Gasteiger partial charge >= 0.3 is 0 Å². The summed E-state index contributed by atoms with van der Waals surface area (Å²) in [6.45, 7) is 7.30. The molecule has 0 atom stereocenters. The standard InChI is InChI=1S/C14H22N2O2/c1-4-18-13-8-6-5-7-12(13)16-14(17)9-10-15-11(2)3/h5-8,11,15H,4,9-10H2,1-3H3,(H,16,17). The van der Waals surface area contributed by atoms with Gasteiger partial charge in [0, 0.05) is 19.0 Å². The Morgan fingerprint density at radius 3 is 2.72 bits per heavy atom. The lowest BCUT2D eigenvalue weighted by Gasteiger charge is -2.12. The number of para-hydroxylation sites is 2. The number of anilines is 1. The van der Waals surface area contributed by atoms with Crippen molar-refractivity contribution < 1.29 is 9.53 Å². The Hall–Kier alpha value is -1.55. The van der Waals surface area contributed by atoms with Crippen LogP contribution in [0.5, 0.6) is 5.75 Å². The molecule has 1 aromatic carbocycles. The van der Waals surface area contributed by atoms with Crippen LogP contribution in [0.2, 0.25) is 0 Å². The van der Waals surface area contributed by atoms with Crippen LogP contribution in [0.15, 0.2) is 24.3 Å². The summed E-state index contributed by atoms with van der Waals surface area (Å²) in [6, 6.07) is 7.86. The van der Waals surface area contributed by atoms with E-state index in [1.54, 1.807) is 0 Å². The number of amides is 1. The molecule has 0 saturated carbocycles. The number of hydrogen-bond acceptors (Lipinski definition) is 3. The largest absolute Gasteiger partial charge is 0.492 e. The van der Waals surface area contributed by atoms with Crippen LogP contribution < -0.4 is 15.4 Å². The molecule has 0 saturated heterocycles. The van der Waals surface area contributed by atoms with Gasteiger partial charge in [0.1, 0.15) is 5.75 Å². The van der Waals surface area contributed by atoms with E-state index in [4.69, 9.17) is 4.74 Å². The highest BCUT2D eigenvalue weighted by molar-refractivity contribution is 5.92. The number of nitrogens with one attached hydrogen (secondary N) is 2. The number of carbonyl (C=O) groups excluding carboxylic acids is 1. The minimum absolute atomic E-state index is 0.00435. The molecule has 4 nitrogen and oxygen atoms in total. The molecule has 1 amide bonds. The van der Waals surface area contributed by atoms with Crippen molar-refractivity contribution in [2.24, 2.45) is 0 Å². The quantitative estimate of drug-likeness (QED) is 0.781. The molecule has 0 bridgehead atoms. The maximum atomic E-state index is 11.7. The van der Waals surface area contributed by atoms with Gasteiger partial charge in [0.2, 0.25) is 5.91 Å². The van der Waals surface area contributed by atoms with E-state index in [1.807, 2.05) is 31.2 Å². The van der Waals surface area contributed by atoms with Gasteiger partial charge in [-0.2, -0.15) is 0 Å². The van der Waals surface area contributed by atoms with Gasteiger partial charge in [0.15, 0.2) is 0 Å². The van der Waals surface area contributed by atoms with Crippen LogP contribution in [-0.2, 0) is 4.79 Å². The van der Waals surface area contributed by atoms with E-state index in [2.05, 4.69) is 24.5 Å². The summed E-state index contributed by atoms with van der Waals surface area (Å²) >= 11 is 0. The van der Waals surface area contributed by atoms with E-state index in [0.717, 1.165) is 5.69 Å². The van der Waals surface area contributed by atoms with Gasteiger partial charge in [-0.3, -0.25) is 4.79 Å². The predicted molar refractivity (Wildman–Crippen MR) is 74.0 cm³/mol. The van der Waals surface area contributed by atoms with Crippen molar-refractivity contribution in [2.45, 2.75) is 33.2 Å². The third kappa shape index (κ3) is 5.19. The fourth-order valence-electron chi connectivity index (χ4n) is 1.54. The van der Waals surface area contributed by atoms with Crippen molar-refractivity contribution in [3.8, 4) is 5.75 Å². The summed E-state index contributed by atoms with van der Waals surface area (Å²) in [4.78, 5) is 11.7. The maximum absolute atomic E-state index is 11.7. The Labute approximate surface area is 109 Å². The van der Waals surface area contributed by atoms with Gasteiger partial charge in [-0.25, -0.2) is 0 Å². The molecular formula is C14H22N2O2. The van der Waals surface area contributed by atoms with E-state index < -0.39 is 0 Å². The second kappa shape index (κ2) is 7.71. The van der Waals surface area contributed by atoms with Gasteiger partial charge in [-0.1, -0.05) is 26.0 Å². The third-order valence-electron chi connectivity index (χ3n) is 2.37. The summed E-state index contributed by atoms with van der Waals surface area (Å²) in [5.41, 5.74) is 0.730. The van der Waals surface area contributed by atoms with Gasteiger partial charge in [0.05, 0.1) is 12.3 Å². The number of hydrogen-bond donors (Lipinski definition) is 2. The lowest BCUT2D eigenvalue weighted by atomic mass is 10.2. The Morgan fingerprint density at radius 2 is 2.06 bits per heavy atom.